The molecule has 1 N–H and O–H groups in total. The third kappa shape index (κ3) is 4.85. The first-order valence-corrected chi connectivity index (χ1v) is 16.4. The highest BCUT2D eigenvalue weighted by atomic mass is 28.3. The highest BCUT2D eigenvalue weighted by molar-refractivity contribution is 6.76. The van der Waals surface area contributed by atoms with Crippen molar-refractivity contribution in [3.8, 4) is 17.3 Å². The van der Waals surface area contributed by atoms with E-state index in [1.165, 1.54) is 0 Å². The van der Waals surface area contributed by atoms with E-state index in [9.17, 15) is 5.26 Å². The summed E-state index contributed by atoms with van der Waals surface area (Å²) in [4.78, 5) is 11.7. The van der Waals surface area contributed by atoms with Crippen molar-refractivity contribution in [1.82, 2.24) is 29.6 Å². The maximum Gasteiger partial charge on any atom is 0.160 e. The van der Waals surface area contributed by atoms with Crippen LogP contribution in [0.25, 0.3) is 22.3 Å². The van der Waals surface area contributed by atoms with E-state index in [1.54, 1.807) is 6.33 Å². The maximum absolute atomic E-state index is 9.50. The van der Waals surface area contributed by atoms with Gasteiger partial charge in [-0.3, -0.25) is 4.68 Å². The van der Waals surface area contributed by atoms with Crippen LogP contribution >= 0.6 is 0 Å². The van der Waals surface area contributed by atoms with Crippen LogP contribution in [0, 0.1) is 11.3 Å². The molecule has 0 spiro atoms. The van der Waals surface area contributed by atoms with Crippen LogP contribution in [0.2, 0.25) is 25.7 Å². The first-order valence-electron chi connectivity index (χ1n) is 12.7. The van der Waals surface area contributed by atoms with Gasteiger partial charge in [0.15, 0.2) is 5.82 Å². The van der Waals surface area contributed by atoms with E-state index in [1.807, 2.05) is 6.20 Å². The highest BCUT2D eigenvalue weighted by Gasteiger charge is 2.41. The highest BCUT2D eigenvalue weighted by Crippen LogP contribution is 2.44. The average Bonchev–Trinajstić information content (AvgIpc) is 3.44. The summed E-state index contributed by atoms with van der Waals surface area (Å²) in [7, 11) is -1.13. The molecule has 1 saturated carbocycles. The Hall–Kier alpha value is -2.74. The summed E-state index contributed by atoms with van der Waals surface area (Å²) in [5, 5.41) is 19.0. The lowest BCUT2D eigenvalue weighted by Crippen LogP contribution is -2.44. The Morgan fingerprint density at radius 3 is 2.69 bits per heavy atom. The Kier molecular flexibility index (Phi) is 6.66. The third-order valence-corrected chi connectivity index (χ3v) is 9.03. The van der Waals surface area contributed by atoms with E-state index >= 15 is 0 Å². The molecule has 1 saturated heterocycles. The Balaban J connectivity index is 1.50. The van der Waals surface area contributed by atoms with Gasteiger partial charge in [0.1, 0.15) is 18.7 Å². The van der Waals surface area contributed by atoms with E-state index < -0.39 is 8.07 Å². The summed E-state index contributed by atoms with van der Waals surface area (Å²) in [6.45, 7) is 12.0. The van der Waals surface area contributed by atoms with Crippen LogP contribution in [0.4, 0.5) is 5.82 Å². The normalized spacial score (nSPS) is 17.9. The largest absolute Gasteiger partial charge is 0.361 e. The van der Waals surface area contributed by atoms with Gasteiger partial charge < -0.3 is 19.5 Å². The molecule has 0 atom stereocenters. The van der Waals surface area contributed by atoms with Crippen molar-refractivity contribution in [3.63, 3.8) is 0 Å². The molecule has 3 aromatic rings. The molecule has 3 aromatic heterocycles. The number of fused-ring (bicyclic) bond motifs is 1. The molecule has 186 valence electrons. The first-order chi connectivity index (χ1) is 16.9. The standard InChI is InChI=1S/C25H36N8OSi/c1-35(2,3)16-15-34-19-32-12-5-20-22(28-18-29-23(20)32)21-17-33(25(8-9-26)6-4-7-25)30-24(21)31-13-10-27-11-14-31/h5,12,17-18,27H,4,6-8,10-11,13-16,19H2,1-3H3. The second kappa shape index (κ2) is 9.72. The second-order valence-corrected chi connectivity index (χ2v) is 16.7. The molecule has 2 fully saturated rings. The van der Waals surface area contributed by atoms with Crippen molar-refractivity contribution in [2.24, 2.45) is 0 Å². The SMILES string of the molecule is C[Si](C)(C)CCOCn1ccc2c(-c3cn(C4(CC#N)CCC4)nc3N3CCNCC3)ncnc21. The number of rotatable bonds is 9. The monoisotopic (exact) mass is 492 g/mol. The molecule has 1 aliphatic carbocycles. The smallest absolute Gasteiger partial charge is 0.160 e. The summed E-state index contributed by atoms with van der Waals surface area (Å²) in [5.41, 5.74) is 2.58. The van der Waals surface area contributed by atoms with Crippen LogP contribution in [0.15, 0.2) is 24.8 Å². The van der Waals surface area contributed by atoms with Gasteiger partial charge in [0, 0.05) is 58.6 Å². The number of anilines is 1. The number of nitrogens with zero attached hydrogens (tertiary/aromatic N) is 7. The van der Waals surface area contributed by atoms with Crippen molar-refractivity contribution >= 4 is 24.9 Å². The Morgan fingerprint density at radius 1 is 1.20 bits per heavy atom. The Labute approximate surface area is 208 Å². The van der Waals surface area contributed by atoms with Crippen LogP contribution < -0.4 is 10.2 Å². The zero-order chi connectivity index (χ0) is 24.5. The van der Waals surface area contributed by atoms with Gasteiger partial charge in [0.25, 0.3) is 0 Å². The number of nitrogens with one attached hydrogen (secondary N) is 1. The number of nitriles is 1. The summed E-state index contributed by atoms with van der Waals surface area (Å²) < 4.78 is 10.1. The fraction of sp³-hybridized carbons (Fsp3) is 0.600. The van der Waals surface area contributed by atoms with Gasteiger partial charge in [0.05, 0.1) is 29.3 Å². The number of aromatic nitrogens is 5. The molecule has 10 heteroatoms. The van der Waals surface area contributed by atoms with Crippen LogP contribution in [-0.4, -0.2) is 65.2 Å². The van der Waals surface area contributed by atoms with Crippen LogP contribution in [0.3, 0.4) is 0 Å². The predicted molar refractivity (Wildman–Crippen MR) is 140 cm³/mol. The predicted octanol–water partition coefficient (Wildman–Crippen LogP) is 3.81. The van der Waals surface area contributed by atoms with Gasteiger partial charge in [-0.15, -0.1) is 0 Å². The average molecular weight is 493 g/mol. The summed E-state index contributed by atoms with van der Waals surface area (Å²) in [5.74, 6) is 0.954. The molecule has 1 aliphatic heterocycles. The molecular formula is C25H36N8OSi. The molecule has 35 heavy (non-hydrogen) atoms. The minimum absolute atomic E-state index is 0.196. The lowest BCUT2D eigenvalue weighted by atomic mass is 9.75. The van der Waals surface area contributed by atoms with Crippen molar-refractivity contribution in [1.29, 1.82) is 5.26 Å². The summed E-state index contributed by atoms with van der Waals surface area (Å²) >= 11 is 0. The minimum atomic E-state index is -1.13. The van der Waals surface area contributed by atoms with Crippen molar-refractivity contribution < 1.29 is 4.74 Å². The van der Waals surface area contributed by atoms with Crippen molar-refractivity contribution in [3.05, 3.63) is 24.8 Å². The zero-order valence-electron chi connectivity index (χ0n) is 21.1. The molecule has 4 heterocycles. The third-order valence-electron chi connectivity index (χ3n) is 7.33. The number of ether oxygens (including phenoxy) is 1. The number of hydrogen-bond acceptors (Lipinski definition) is 7. The van der Waals surface area contributed by atoms with Gasteiger partial charge in [-0.1, -0.05) is 19.6 Å². The molecule has 0 amide bonds. The van der Waals surface area contributed by atoms with Crippen LogP contribution in [0.1, 0.15) is 25.7 Å². The van der Waals surface area contributed by atoms with Crippen molar-refractivity contribution in [2.45, 2.75) is 63.6 Å². The lowest BCUT2D eigenvalue weighted by Gasteiger charge is -2.40. The molecule has 5 rings (SSSR count). The molecule has 0 bridgehead atoms. The van der Waals surface area contributed by atoms with E-state index in [-0.39, 0.29) is 5.54 Å². The Bertz CT molecular complexity index is 1210. The number of piperazine rings is 1. The van der Waals surface area contributed by atoms with E-state index in [0.29, 0.717) is 13.2 Å². The summed E-state index contributed by atoms with van der Waals surface area (Å²) in [6, 6.07) is 5.62. The van der Waals surface area contributed by atoms with E-state index in [2.05, 4.69) is 62.4 Å². The van der Waals surface area contributed by atoms with Crippen molar-refractivity contribution in [2.75, 3.05) is 37.7 Å². The zero-order valence-corrected chi connectivity index (χ0v) is 22.1. The maximum atomic E-state index is 9.50. The molecule has 0 aromatic carbocycles. The lowest BCUT2D eigenvalue weighted by molar-refractivity contribution is 0.0899. The van der Waals surface area contributed by atoms with E-state index in [0.717, 1.165) is 86.2 Å². The fourth-order valence-electron chi connectivity index (χ4n) is 4.97. The quantitative estimate of drug-likeness (QED) is 0.358. The molecule has 0 unspecified atom stereocenters. The molecular weight excluding hydrogens is 456 g/mol. The van der Waals surface area contributed by atoms with E-state index in [4.69, 9.17) is 14.8 Å². The first kappa shape index (κ1) is 24.0. The van der Waals surface area contributed by atoms with Gasteiger partial charge in [-0.05, 0) is 31.4 Å². The topological polar surface area (TPSA) is 96.8 Å². The molecule has 9 nitrogen and oxygen atoms in total. The minimum Gasteiger partial charge on any atom is -0.361 e. The van der Waals surface area contributed by atoms with Gasteiger partial charge in [0.2, 0.25) is 0 Å². The summed E-state index contributed by atoms with van der Waals surface area (Å²) in [6.07, 6.45) is 9.41. The van der Waals surface area contributed by atoms with Crippen LogP contribution in [-0.2, 0) is 17.0 Å². The molecule has 0 radical (unpaired) electrons. The molecule has 2 aliphatic rings. The van der Waals surface area contributed by atoms with Gasteiger partial charge in [-0.25, -0.2) is 9.97 Å². The van der Waals surface area contributed by atoms with Gasteiger partial charge >= 0.3 is 0 Å². The van der Waals surface area contributed by atoms with Crippen LogP contribution in [0.5, 0.6) is 0 Å². The Morgan fingerprint density at radius 2 is 2.00 bits per heavy atom. The fourth-order valence-corrected chi connectivity index (χ4v) is 5.72. The number of hydrogen-bond donors (Lipinski definition) is 1. The van der Waals surface area contributed by atoms with Gasteiger partial charge in [-0.2, -0.15) is 10.4 Å². The second-order valence-electron chi connectivity index (χ2n) is 11.1.